The summed E-state index contributed by atoms with van der Waals surface area (Å²) in [5, 5.41) is 16.3. The lowest BCUT2D eigenvalue weighted by molar-refractivity contribution is -0.121. The molecule has 0 radical (unpaired) electrons. The van der Waals surface area contributed by atoms with E-state index in [4.69, 9.17) is 5.73 Å². The summed E-state index contributed by atoms with van der Waals surface area (Å²) in [5.41, 5.74) is 6.48. The number of aryl methyl sites for hydroxylation is 1. The zero-order valence-electron chi connectivity index (χ0n) is 10.7. The van der Waals surface area contributed by atoms with Gasteiger partial charge in [0.1, 0.15) is 6.54 Å². The quantitative estimate of drug-likeness (QED) is 0.794. The van der Waals surface area contributed by atoms with Crippen LogP contribution in [-0.4, -0.2) is 37.6 Å². The first kappa shape index (κ1) is 13.4. The summed E-state index contributed by atoms with van der Waals surface area (Å²) in [6.07, 6.45) is 0. The zero-order valence-corrected chi connectivity index (χ0v) is 11.5. The predicted molar refractivity (Wildman–Crippen MR) is 70.5 cm³/mol. The number of carbonyl (C=O) groups excluding carboxylic acids is 1. The zero-order chi connectivity index (χ0) is 13.8. The Balaban J connectivity index is 1.82. The molecule has 0 aromatic carbocycles. The van der Waals surface area contributed by atoms with Gasteiger partial charge >= 0.3 is 0 Å². The molecule has 102 valence electrons. The Hall–Kier alpha value is -2.03. The molecule has 2 aromatic heterocycles. The van der Waals surface area contributed by atoms with Crippen LogP contribution in [-0.2, 0) is 11.3 Å². The predicted octanol–water partition coefficient (Wildman–Crippen LogP) is -0.0599. The third-order valence-corrected chi connectivity index (χ3v) is 3.71. The van der Waals surface area contributed by atoms with Crippen LogP contribution in [0.25, 0.3) is 0 Å². The van der Waals surface area contributed by atoms with Gasteiger partial charge in [-0.15, -0.1) is 11.3 Å². The lowest BCUT2D eigenvalue weighted by Crippen LogP contribution is -2.31. The molecule has 0 fully saturated rings. The average Bonchev–Trinajstić information content (AvgIpc) is 2.96. The second-order valence-corrected chi connectivity index (χ2v) is 5.12. The average molecular weight is 281 g/mol. The molecule has 1 atom stereocenters. The van der Waals surface area contributed by atoms with Crippen molar-refractivity contribution < 1.29 is 4.79 Å². The molecule has 0 aliphatic heterocycles. The van der Waals surface area contributed by atoms with Crippen molar-refractivity contribution in [3.63, 3.8) is 0 Å². The van der Waals surface area contributed by atoms with Crippen LogP contribution in [0.3, 0.4) is 0 Å². The van der Waals surface area contributed by atoms with Crippen LogP contribution in [0, 0.1) is 6.92 Å². The Labute approximate surface area is 114 Å². The van der Waals surface area contributed by atoms with Gasteiger partial charge in [-0.05, 0) is 17.4 Å². The maximum Gasteiger partial charge on any atom is 0.241 e. The minimum atomic E-state index is -0.181. The van der Waals surface area contributed by atoms with Gasteiger partial charge in [-0.3, -0.25) is 4.79 Å². The molecule has 0 aliphatic carbocycles. The van der Waals surface area contributed by atoms with Crippen molar-refractivity contribution in [2.24, 2.45) is 0 Å². The van der Waals surface area contributed by atoms with Gasteiger partial charge in [-0.2, -0.15) is 0 Å². The molecule has 0 spiro atoms. The molecule has 0 aliphatic rings. The molecule has 2 heterocycles. The minimum absolute atomic E-state index is 0.0163. The fourth-order valence-corrected chi connectivity index (χ4v) is 2.33. The van der Waals surface area contributed by atoms with Crippen molar-refractivity contribution in [1.82, 2.24) is 30.5 Å². The van der Waals surface area contributed by atoms with Gasteiger partial charge in [-0.25, -0.2) is 9.67 Å². The van der Waals surface area contributed by atoms with Gasteiger partial charge in [0.05, 0.1) is 5.01 Å². The van der Waals surface area contributed by atoms with Gasteiger partial charge < -0.3 is 11.1 Å². The molecule has 2 aromatic rings. The van der Waals surface area contributed by atoms with E-state index in [0.717, 1.165) is 10.7 Å². The Kier molecular flexibility index (Phi) is 4.05. The number of nitrogens with two attached hydrogens (primary N) is 1. The molecule has 8 nitrogen and oxygen atoms in total. The number of amides is 1. The van der Waals surface area contributed by atoms with E-state index >= 15 is 0 Å². The van der Waals surface area contributed by atoms with Crippen LogP contribution < -0.4 is 11.1 Å². The summed E-state index contributed by atoms with van der Waals surface area (Å²) < 4.78 is 1.24. The summed E-state index contributed by atoms with van der Waals surface area (Å²) >= 11 is 1.60. The summed E-state index contributed by atoms with van der Waals surface area (Å²) in [5.74, 6) is 0.117. The molecule has 0 unspecified atom stereocenters. The third-order valence-electron chi connectivity index (χ3n) is 2.52. The number of rotatable bonds is 5. The van der Waals surface area contributed by atoms with E-state index in [9.17, 15) is 4.79 Å². The van der Waals surface area contributed by atoms with E-state index in [-0.39, 0.29) is 24.3 Å². The van der Waals surface area contributed by atoms with Crippen molar-refractivity contribution >= 4 is 23.2 Å². The topological polar surface area (TPSA) is 112 Å². The standard InChI is InChI=1S/C10H15N7OS/c1-6(9-13-7(2)5-19-9)3-12-8(18)4-17-10(11)14-15-16-17/h5-6H,3-4H2,1-2H3,(H,12,18)(H2,11,14,16)/t6-/m1/s1. The van der Waals surface area contributed by atoms with E-state index < -0.39 is 0 Å². The van der Waals surface area contributed by atoms with Crippen molar-refractivity contribution in [2.75, 3.05) is 12.3 Å². The maximum atomic E-state index is 11.7. The number of thiazole rings is 1. The Morgan fingerprint density at radius 3 is 3.00 bits per heavy atom. The van der Waals surface area contributed by atoms with Crippen LogP contribution in [0.1, 0.15) is 23.5 Å². The van der Waals surface area contributed by atoms with Crippen LogP contribution in [0.4, 0.5) is 5.95 Å². The first-order chi connectivity index (χ1) is 9.06. The lowest BCUT2D eigenvalue weighted by atomic mass is 10.2. The van der Waals surface area contributed by atoms with E-state index in [1.54, 1.807) is 11.3 Å². The highest BCUT2D eigenvalue weighted by Gasteiger charge is 2.12. The van der Waals surface area contributed by atoms with Crippen LogP contribution in [0.15, 0.2) is 5.38 Å². The highest BCUT2D eigenvalue weighted by atomic mass is 32.1. The lowest BCUT2D eigenvalue weighted by Gasteiger charge is -2.10. The first-order valence-corrected chi connectivity index (χ1v) is 6.64. The van der Waals surface area contributed by atoms with Crippen molar-refractivity contribution in [3.8, 4) is 0 Å². The van der Waals surface area contributed by atoms with Crippen molar-refractivity contribution in [3.05, 3.63) is 16.1 Å². The smallest absolute Gasteiger partial charge is 0.241 e. The van der Waals surface area contributed by atoms with Gasteiger partial charge in [0.2, 0.25) is 11.9 Å². The summed E-state index contributed by atoms with van der Waals surface area (Å²) in [6.45, 7) is 4.51. The number of hydrogen-bond donors (Lipinski definition) is 2. The van der Waals surface area contributed by atoms with E-state index in [0.29, 0.717) is 6.54 Å². The number of carbonyl (C=O) groups is 1. The number of nitrogens with zero attached hydrogens (tertiary/aromatic N) is 5. The number of aromatic nitrogens is 5. The highest BCUT2D eigenvalue weighted by Crippen LogP contribution is 2.18. The van der Waals surface area contributed by atoms with E-state index in [2.05, 4.69) is 25.8 Å². The van der Waals surface area contributed by atoms with Gasteiger partial charge in [0, 0.05) is 23.5 Å². The van der Waals surface area contributed by atoms with Crippen LogP contribution in [0.2, 0.25) is 0 Å². The largest absolute Gasteiger partial charge is 0.367 e. The number of tetrazole rings is 1. The Morgan fingerprint density at radius 1 is 1.63 bits per heavy atom. The third kappa shape index (κ3) is 3.47. The van der Waals surface area contributed by atoms with E-state index in [1.807, 2.05) is 19.2 Å². The monoisotopic (exact) mass is 281 g/mol. The Morgan fingerprint density at radius 2 is 2.42 bits per heavy atom. The van der Waals surface area contributed by atoms with Crippen LogP contribution in [0.5, 0.6) is 0 Å². The fraction of sp³-hybridized carbons (Fsp3) is 0.500. The highest BCUT2D eigenvalue weighted by molar-refractivity contribution is 7.09. The molecule has 0 saturated heterocycles. The minimum Gasteiger partial charge on any atom is -0.367 e. The Bertz CT molecular complexity index is 564. The van der Waals surface area contributed by atoms with Gasteiger partial charge in [0.15, 0.2) is 0 Å². The number of nitrogens with one attached hydrogen (secondary N) is 1. The molecule has 0 saturated carbocycles. The summed E-state index contributed by atoms with van der Waals surface area (Å²) in [7, 11) is 0. The first-order valence-electron chi connectivity index (χ1n) is 5.76. The van der Waals surface area contributed by atoms with Crippen molar-refractivity contribution in [2.45, 2.75) is 26.3 Å². The molecular formula is C10H15N7OS. The number of nitrogen functional groups attached to an aromatic ring is 1. The molecule has 3 N–H and O–H groups in total. The molecule has 0 bridgehead atoms. The molecule has 9 heteroatoms. The molecular weight excluding hydrogens is 266 g/mol. The second kappa shape index (κ2) is 5.74. The molecule has 1 amide bonds. The maximum absolute atomic E-state index is 11.7. The summed E-state index contributed by atoms with van der Waals surface area (Å²) in [6, 6.07) is 0. The van der Waals surface area contributed by atoms with E-state index in [1.165, 1.54) is 4.68 Å². The van der Waals surface area contributed by atoms with Crippen molar-refractivity contribution in [1.29, 1.82) is 0 Å². The number of anilines is 1. The fourth-order valence-electron chi connectivity index (χ4n) is 1.47. The normalized spacial score (nSPS) is 12.3. The summed E-state index contributed by atoms with van der Waals surface area (Å²) in [4.78, 5) is 16.1. The van der Waals surface area contributed by atoms with Crippen LogP contribution >= 0.6 is 11.3 Å². The number of hydrogen-bond acceptors (Lipinski definition) is 7. The van der Waals surface area contributed by atoms with Gasteiger partial charge in [0.25, 0.3) is 0 Å². The second-order valence-electron chi connectivity index (χ2n) is 4.23. The SMILES string of the molecule is Cc1csc([C@H](C)CNC(=O)Cn2nnnc2N)n1. The van der Waals surface area contributed by atoms with Gasteiger partial charge in [-0.1, -0.05) is 12.0 Å². The molecule has 19 heavy (non-hydrogen) atoms. The molecule has 2 rings (SSSR count).